The zero-order valence-electron chi connectivity index (χ0n) is 10.2. The number of phenols is 1. The van der Waals surface area contributed by atoms with Gasteiger partial charge in [0, 0.05) is 23.5 Å². The predicted octanol–water partition coefficient (Wildman–Crippen LogP) is 3.52. The summed E-state index contributed by atoms with van der Waals surface area (Å²) in [4.78, 5) is 8.75. The van der Waals surface area contributed by atoms with Gasteiger partial charge in [-0.15, -0.1) is 0 Å². The summed E-state index contributed by atoms with van der Waals surface area (Å²) in [6.07, 6.45) is 3.59. The summed E-state index contributed by atoms with van der Waals surface area (Å²) in [6, 6.07) is 16.9. The van der Waals surface area contributed by atoms with Gasteiger partial charge in [-0.3, -0.25) is 0 Å². The number of aromatic nitrogens is 2. The second kappa shape index (κ2) is 4.90. The van der Waals surface area contributed by atoms with Crippen LogP contribution in [0.3, 0.4) is 0 Å². The fourth-order valence-corrected chi connectivity index (χ4v) is 1.87. The molecule has 0 amide bonds. The van der Waals surface area contributed by atoms with E-state index in [1.807, 2.05) is 42.5 Å². The number of rotatable bonds is 2. The molecule has 0 aliphatic heterocycles. The van der Waals surface area contributed by atoms with E-state index in [0.29, 0.717) is 5.82 Å². The first-order valence-electron chi connectivity index (χ1n) is 6.00. The molecule has 1 heterocycles. The molecule has 0 bridgehead atoms. The van der Waals surface area contributed by atoms with Crippen LogP contribution in [0.25, 0.3) is 22.5 Å². The number of aromatic hydroxyl groups is 1. The summed E-state index contributed by atoms with van der Waals surface area (Å²) >= 11 is 0. The number of benzene rings is 2. The molecule has 0 spiro atoms. The molecule has 0 saturated carbocycles. The predicted molar refractivity (Wildman–Crippen MR) is 74.6 cm³/mol. The van der Waals surface area contributed by atoms with Gasteiger partial charge >= 0.3 is 0 Å². The lowest BCUT2D eigenvalue weighted by molar-refractivity contribution is 0.475. The molecule has 3 heteroatoms. The van der Waals surface area contributed by atoms with Gasteiger partial charge in [0.1, 0.15) is 5.75 Å². The van der Waals surface area contributed by atoms with Gasteiger partial charge in [0.05, 0.1) is 0 Å². The largest absolute Gasteiger partial charge is 0.508 e. The van der Waals surface area contributed by atoms with Crippen molar-refractivity contribution >= 4 is 0 Å². The highest BCUT2D eigenvalue weighted by Crippen LogP contribution is 2.22. The van der Waals surface area contributed by atoms with Crippen LogP contribution < -0.4 is 0 Å². The minimum Gasteiger partial charge on any atom is -0.508 e. The zero-order chi connectivity index (χ0) is 13.1. The first kappa shape index (κ1) is 11.4. The molecule has 0 aliphatic rings. The van der Waals surface area contributed by atoms with Crippen LogP contribution in [0.1, 0.15) is 0 Å². The second-order valence-electron chi connectivity index (χ2n) is 4.21. The van der Waals surface area contributed by atoms with Crippen molar-refractivity contribution in [3.63, 3.8) is 0 Å². The molecule has 92 valence electrons. The van der Waals surface area contributed by atoms with Gasteiger partial charge in [0.25, 0.3) is 0 Å². The van der Waals surface area contributed by atoms with Crippen LogP contribution in [-0.4, -0.2) is 15.1 Å². The minimum absolute atomic E-state index is 0.255. The fraction of sp³-hybridized carbons (Fsp3) is 0. The summed E-state index contributed by atoms with van der Waals surface area (Å²) < 4.78 is 0. The standard InChI is InChI=1S/C16H12N2O/c19-15-8-6-12(7-9-15)14-10-17-16(18-11-14)13-4-2-1-3-5-13/h1-11,19H. The van der Waals surface area contributed by atoms with E-state index in [0.717, 1.165) is 16.7 Å². The minimum atomic E-state index is 0.255. The van der Waals surface area contributed by atoms with Crippen LogP contribution in [0.2, 0.25) is 0 Å². The molecule has 0 radical (unpaired) electrons. The molecule has 1 aromatic heterocycles. The number of nitrogens with zero attached hydrogens (tertiary/aromatic N) is 2. The smallest absolute Gasteiger partial charge is 0.159 e. The highest BCUT2D eigenvalue weighted by Gasteiger charge is 2.02. The molecule has 3 aromatic rings. The topological polar surface area (TPSA) is 46.0 Å². The van der Waals surface area contributed by atoms with E-state index in [4.69, 9.17) is 0 Å². The van der Waals surface area contributed by atoms with Crippen LogP contribution in [0.5, 0.6) is 5.75 Å². The average Bonchev–Trinajstić information content (AvgIpc) is 2.49. The molecule has 0 aliphatic carbocycles. The first-order chi connectivity index (χ1) is 9.33. The van der Waals surface area contributed by atoms with E-state index >= 15 is 0 Å². The summed E-state index contributed by atoms with van der Waals surface area (Å²) in [5, 5.41) is 9.27. The molecule has 0 saturated heterocycles. The summed E-state index contributed by atoms with van der Waals surface area (Å²) in [5.74, 6) is 0.966. The van der Waals surface area contributed by atoms with Crippen molar-refractivity contribution in [1.29, 1.82) is 0 Å². The summed E-state index contributed by atoms with van der Waals surface area (Å²) in [7, 11) is 0. The molecule has 1 N–H and O–H groups in total. The van der Waals surface area contributed by atoms with Gasteiger partial charge in [-0.1, -0.05) is 42.5 Å². The number of hydrogen-bond donors (Lipinski definition) is 1. The van der Waals surface area contributed by atoms with Crippen LogP contribution >= 0.6 is 0 Å². The lowest BCUT2D eigenvalue weighted by atomic mass is 10.1. The molecular weight excluding hydrogens is 236 g/mol. The molecule has 3 rings (SSSR count). The number of phenolic OH excluding ortho intramolecular Hbond substituents is 1. The van der Waals surface area contributed by atoms with Gasteiger partial charge < -0.3 is 5.11 Å². The Labute approximate surface area is 111 Å². The monoisotopic (exact) mass is 248 g/mol. The SMILES string of the molecule is Oc1ccc(-c2cnc(-c3ccccc3)nc2)cc1. The van der Waals surface area contributed by atoms with Gasteiger partial charge in [0.15, 0.2) is 5.82 Å². The van der Waals surface area contributed by atoms with Crippen molar-refractivity contribution in [1.82, 2.24) is 9.97 Å². The van der Waals surface area contributed by atoms with Crippen LogP contribution in [-0.2, 0) is 0 Å². The van der Waals surface area contributed by atoms with Crippen molar-refractivity contribution in [2.45, 2.75) is 0 Å². The van der Waals surface area contributed by atoms with Crippen molar-refractivity contribution in [3.8, 4) is 28.3 Å². The quantitative estimate of drug-likeness (QED) is 0.754. The van der Waals surface area contributed by atoms with E-state index in [1.54, 1.807) is 24.5 Å². The van der Waals surface area contributed by atoms with Crippen molar-refractivity contribution in [2.24, 2.45) is 0 Å². The van der Waals surface area contributed by atoms with Crippen molar-refractivity contribution < 1.29 is 5.11 Å². The van der Waals surface area contributed by atoms with E-state index in [2.05, 4.69) is 9.97 Å². The Kier molecular flexibility index (Phi) is 2.94. The average molecular weight is 248 g/mol. The maximum absolute atomic E-state index is 9.27. The Balaban J connectivity index is 1.93. The zero-order valence-corrected chi connectivity index (χ0v) is 10.2. The van der Waals surface area contributed by atoms with Crippen molar-refractivity contribution in [3.05, 3.63) is 67.0 Å². The third-order valence-electron chi connectivity index (χ3n) is 2.88. The molecule has 19 heavy (non-hydrogen) atoms. The van der Waals surface area contributed by atoms with Gasteiger partial charge in [0.2, 0.25) is 0 Å². The molecule has 3 nitrogen and oxygen atoms in total. The van der Waals surface area contributed by atoms with E-state index in [9.17, 15) is 5.11 Å². The molecule has 0 fully saturated rings. The van der Waals surface area contributed by atoms with Gasteiger partial charge in [-0.2, -0.15) is 0 Å². The van der Waals surface area contributed by atoms with E-state index < -0.39 is 0 Å². The van der Waals surface area contributed by atoms with Crippen LogP contribution in [0.15, 0.2) is 67.0 Å². The van der Waals surface area contributed by atoms with E-state index in [1.165, 1.54) is 0 Å². The Morgan fingerprint density at radius 3 is 1.89 bits per heavy atom. The molecule has 0 unspecified atom stereocenters. The highest BCUT2D eigenvalue weighted by molar-refractivity contribution is 5.64. The van der Waals surface area contributed by atoms with Crippen LogP contribution in [0.4, 0.5) is 0 Å². The Bertz CT molecular complexity index is 661. The van der Waals surface area contributed by atoms with Gasteiger partial charge in [-0.05, 0) is 17.7 Å². The number of hydrogen-bond acceptors (Lipinski definition) is 3. The Hall–Kier alpha value is -2.68. The molecule has 0 atom stereocenters. The molecular formula is C16H12N2O. The normalized spacial score (nSPS) is 10.3. The lowest BCUT2D eigenvalue weighted by Gasteiger charge is -2.03. The maximum Gasteiger partial charge on any atom is 0.159 e. The summed E-state index contributed by atoms with van der Waals surface area (Å²) in [6.45, 7) is 0. The van der Waals surface area contributed by atoms with Gasteiger partial charge in [-0.25, -0.2) is 9.97 Å². The van der Waals surface area contributed by atoms with Crippen LogP contribution in [0, 0.1) is 0 Å². The summed E-state index contributed by atoms with van der Waals surface area (Å²) in [5.41, 5.74) is 2.91. The van der Waals surface area contributed by atoms with E-state index in [-0.39, 0.29) is 5.75 Å². The fourth-order valence-electron chi connectivity index (χ4n) is 1.87. The maximum atomic E-state index is 9.27. The first-order valence-corrected chi connectivity index (χ1v) is 6.00. The Morgan fingerprint density at radius 2 is 1.26 bits per heavy atom. The third kappa shape index (κ3) is 2.45. The second-order valence-corrected chi connectivity index (χ2v) is 4.21. The van der Waals surface area contributed by atoms with Crippen molar-refractivity contribution in [2.75, 3.05) is 0 Å². The molecule has 2 aromatic carbocycles. The highest BCUT2D eigenvalue weighted by atomic mass is 16.3. The third-order valence-corrected chi connectivity index (χ3v) is 2.88. The Morgan fingerprint density at radius 1 is 0.632 bits per heavy atom. The lowest BCUT2D eigenvalue weighted by Crippen LogP contribution is -1.89.